The molecule has 19 heavy (non-hydrogen) atoms. The molecule has 0 radical (unpaired) electrons. The summed E-state index contributed by atoms with van der Waals surface area (Å²) in [6, 6.07) is 6.99. The first-order chi connectivity index (χ1) is 9.11. The quantitative estimate of drug-likeness (QED) is 0.485. The van der Waals surface area contributed by atoms with E-state index in [-0.39, 0.29) is 0 Å². The molecule has 0 amide bonds. The van der Waals surface area contributed by atoms with E-state index in [9.17, 15) is 13.6 Å². The third-order valence-electron chi connectivity index (χ3n) is 2.48. The van der Waals surface area contributed by atoms with Gasteiger partial charge in [-0.1, -0.05) is 12.1 Å². The van der Waals surface area contributed by atoms with Gasteiger partial charge in [-0.15, -0.1) is 0 Å². The molecule has 0 unspecified atom stereocenters. The highest BCUT2D eigenvalue weighted by Gasteiger charge is 2.07. The van der Waals surface area contributed by atoms with Gasteiger partial charge in [-0.25, -0.2) is 13.6 Å². The summed E-state index contributed by atoms with van der Waals surface area (Å²) in [5.41, 5.74) is 0. The highest BCUT2D eigenvalue weighted by molar-refractivity contribution is 5.88. The van der Waals surface area contributed by atoms with Crippen molar-refractivity contribution in [3.8, 4) is 5.75 Å². The van der Waals surface area contributed by atoms with Crippen LogP contribution in [0, 0.1) is 11.6 Å². The molecule has 0 aromatic heterocycles. The van der Waals surface area contributed by atoms with Crippen molar-refractivity contribution in [1.29, 1.82) is 0 Å². The van der Waals surface area contributed by atoms with Gasteiger partial charge in [-0.2, -0.15) is 0 Å². The van der Waals surface area contributed by atoms with Crippen LogP contribution in [0.15, 0.2) is 42.7 Å². The van der Waals surface area contributed by atoms with Crippen molar-refractivity contribution < 1.29 is 23.0 Å². The minimum atomic E-state index is -0.958. The molecule has 0 aliphatic rings. The molecule has 0 aliphatic carbocycles. The summed E-state index contributed by atoms with van der Waals surface area (Å²) in [6.07, 6.45) is 2.21. The van der Waals surface area contributed by atoms with Crippen molar-refractivity contribution in [3.63, 3.8) is 0 Å². The molecule has 0 saturated heterocycles. The fourth-order valence-corrected chi connectivity index (χ4v) is 1.58. The summed E-state index contributed by atoms with van der Waals surface area (Å²) in [5, 5.41) is 0.916. The topological polar surface area (TPSA) is 35.5 Å². The van der Waals surface area contributed by atoms with Crippen LogP contribution in [-0.2, 0) is 9.53 Å². The Hall–Kier alpha value is -2.43. The van der Waals surface area contributed by atoms with Gasteiger partial charge in [0, 0.05) is 5.39 Å². The highest BCUT2D eigenvalue weighted by atomic mass is 19.2. The highest BCUT2D eigenvalue weighted by Crippen LogP contribution is 2.27. The maximum Gasteiger partial charge on any atom is 0.333 e. The summed E-state index contributed by atoms with van der Waals surface area (Å²) in [6.45, 7) is 0. The van der Waals surface area contributed by atoms with E-state index in [4.69, 9.17) is 4.74 Å². The van der Waals surface area contributed by atoms with Crippen molar-refractivity contribution in [2.45, 2.75) is 0 Å². The standard InChI is InChI=1S/C14H10F2O3/c1-18-14(17)5-6-19-13-4-2-3-9-7-11(15)12(16)8-10(9)13/h2-8H,1H3/b6-5+. The summed E-state index contributed by atoms with van der Waals surface area (Å²) in [5.74, 6) is -2.13. The van der Waals surface area contributed by atoms with E-state index in [0.29, 0.717) is 16.5 Å². The lowest BCUT2D eigenvalue weighted by Gasteiger charge is -2.06. The Kier molecular flexibility index (Phi) is 3.75. The Bertz CT molecular complexity index is 650. The molecule has 5 heteroatoms. The molecule has 0 saturated carbocycles. The zero-order valence-corrected chi connectivity index (χ0v) is 10.0. The Morgan fingerprint density at radius 2 is 1.95 bits per heavy atom. The summed E-state index contributed by atoms with van der Waals surface area (Å²) < 4.78 is 35.9. The van der Waals surface area contributed by atoms with Crippen molar-refractivity contribution in [3.05, 3.63) is 54.3 Å². The van der Waals surface area contributed by atoms with E-state index in [1.54, 1.807) is 18.2 Å². The lowest BCUT2D eigenvalue weighted by Crippen LogP contribution is -1.95. The average molecular weight is 264 g/mol. The second kappa shape index (κ2) is 5.48. The minimum absolute atomic E-state index is 0.316. The number of carbonyl (C=O) groups excluding carboxylic acids is 1. The van der Waals surface area contributed by atoms with Gasteiger partial charge in [0.15, 0.2) is 11.6 Å². The molecule has 0 aliphatic heterocycles. The second-order valence-electron chi connectivity index (χ2n) is 3.69. The van der Waals surface area contributed by atoms with E-state index in [1.165, 1.54) is 7.11 Å². The molecule has 98 valence electrons. The maximum atomic E-state index is 13.2. The van der Waals surface area contributed by atoms with Crippen molar-refractivity contribution in [2.75, 3.05) is 7.11 Å². The van der Waals surface area contributed by atoms with Crippen molar-refractivity contribution in [1.82, 2.24) is 0 Å². The van der Waals surface area contributed by atoms with Crippen LogP contribution in [-0.4, -0.2) is 13.1 Å². The molecule has 3 nitrogen and oxygen atoms in total. The van der Waals surface area contributed by atoms with Crippen LogP contribution in [0.1, 0.15) is 0 Å². The zero-order valence-electron chi connectivity index (χ0n) is 10.0. The first-order valence-corrected chi connectivity index (χ1v) is 5.41. The molecule has 0 spiro atoms. The smallest absolute Gasteiger partial charge is 0.333 e. The van der Waals surface area contributed by atoms with E-state index >= 15 is 0 Å². The first kappa shape index (κ1) is 13.0. The molecule has 0 N–H and O–H groups in total. The number of hydrogen-bond acceptors (Lipinski definition) is 3. The average Bonchev–Trinajstić information content (AvgIpc) is 2.40. The summed E-state index contributed by atoms with van der Waals surface area (Å²) >= 11 is 0. The van der Waals surface area contributed by atoms with E-state index < -0.39 is 17.6 Å². The number of rotatable bonds is 3. The first-order valence-electron chi connectivity index (χ1n) is 5.41. The maximum absolute atomic E-state index is 13.2. The summed E-state index contributed by atoms with van der Waals surface area (Å²) in [4.78, 5) is 10.9. The van der Waals surface area contributed by atoms with E-state index in [0.717, 1.165) is 24.5 Å². The SMILES string of the molecule is COC(=O)/C=C/Oc1cccc2cc(F)c(F)cc12. The molecular formula is C14H10F2O3. The van der Waals surface area contributed by atoms with Gasteiger partial charge in [-0.05, 0) is 23.6 Å². The molecule has 0 heterocycles. The number of fused-ring (bicyclic) bond motifs is 1. The number of methoxy groups -OCH3 is 1. The zero-order chi connectivity index (χ0) is 13.8. The number of halogens is 2. The Morgan fingerprint density at radius 3 is 2.68 bits per heavy atom. The number of ether oxygens (including phenoxy) is 2. The van der Waals surface area contributed by atoms with Gasteiger partial charge in [0.2, 0.25) is 0 Å². The normalized spacial score (nSPS) is 10.9. The fraction of sp³-hybridized carbons (Fsp3) is 0.0714. The Labute approximate surface area is 108 Å². The third kappa shape index (κ3) is 2.88. The van der Waals surface area contributed by atoms with E-state index in [2.05, 4.69) is 4.74 Å². The lowest BCUT2D eigenvalue weighted by molar-refractivity contribution is -0.134. The third-order valence-corrected chi connectivity index (χ3v) is 2.48. The van der Waals surface area contributed by atoms with Crippen LogP contribution in [0.25, 0.3) is 10.8 Å². The van der Waals surface area contributed by atoms with Gasteiger partial charge in [0.05, 0.1) is 19.4 Å². The van der Waals surface area contributed by atoms with Crippen LogP contribution in [0.2, 0.25) is 0 Å². The molecular weight excluding hydrogens is 254 g/mol. The molecule has 0 fully saturated rings. The minimum Gasteiger partial charge on any atom is -0.466 e. The number of hydrogen-bond donors (Lipinski definition) is 0. The summed E-state index contributed by atoms with van der Waals surface area (Å²) in [7, 11) is 1.24. The Balaban J connectivity index is 2.36. The molecule has 2 aromatic carbocycles. The molecule has 0 atom stereocenters. The number of esters is 1. The van der Waals surface area contributed by atoms with Gasteiger partial charge in [-0.3, -0.25) is 0 Å². The van der Waals surface area contributed by atoms with Crippen LogP contribution < -0.4 is 4.74 Å². The monoisotopic (exact) mass is 264 g/mol. The van der Waals surface area contributed by atoms with Crippen molar-refractivity contribution in [2.24, 2.45) is 0 Å². The molecule has 2 rings (SSSR count). The van der Waals surface area contributed by atoms with Crippen LogP contribution in [0.3, 0.4) is 0 Å². The molecule has 0 bridgehead atoms. The Morgan fingerprint density at radius 1 is 1.21 bits per heavy atom. The van der Waals surface area contributed by atoms with Gasteiger partial charge in [0.1, 0.15) is 5.75 Å². The van der Waals surface area contributed by atoms with Crippen LogP contribution >= 0.6 is 0 Å². The van der Waals surface area contributed by atoms with E-state index in [1.807, 2.05) is 0 Å². The predicted molar refractivity (Wildman–Crippen MR) is 65.6 cm³/mol. The van der Waals surface area contributed by atoms with Crippen molar-refractivity contribution >= 4 is 16.7 Å². The van der Waals surface area contributed by atoms with Crippen LogP contribution in [0.4, 0.5) is 8.78 Å². The van der Waals surface area contributed by atoms with Gasteiger partial charge < -0.3 is 9.47 Å². The van der Waals surface area contributed by atoms with Crippen LogP contribution in [0.5, 0.6) is 5.75 Å². The predicted octanol–water partition coefficient (Wildman–Crippen LogP) is 3.18. The van der Waals surface area contributed by atoms with Gasteiger partial charge in [0.25, 0.3) is 0 Å². The number of benzene rings is 2. The number of carbonyl (C=O) groups is 1. The van der Waals surface area contributed by atoms with Gasteiger partial charge >= 0.3 is 5.97 Å². The lowest BCUT2D eigenvalue weighted by atomic mass is 10.1. The largest absolute Gasteiger partial charge is 0.466 e. The fourth-order valence-electron chi connectivity index (χ4n) is 1.58. The molecule has 2 aromatic rings. The second-order valence-corrected chi connectivity index (χ2v) is 3.69.